The maximum absolute atomic E-state index is 5.84. The van der Waals surface area contributed by atoms with Crippen molar-refractivity contribution in [3.63, 3.8) is 0 Å². The quantitative estimate of drug-likeness (QED) is 0.914. The second-order valence-electron chi connectivity index (χ2n) is 8.21. The van der Waals surface area contributed by atoms with Crippen molar-refractivity contribution < 1.29 is 4.74 Å². The molecule has 0 bridgehead atoms. The molecule has 2 saturated heterocycles. The van der Waals surface area contributed by atoms with E-state index in [2.05, 4.69) is 53.3 Å². The van der Waals surface area contributed by atoms with Crippen LogP contribution in [0.25, 0.3) is 5.69 Å². The van der Waals surface area contributed by atoms with Gasteiger partial charge in [-0.25, -0.2) is 4.98 Å². The molecule has 5 nitrogen and oxygen atoms in total. The molecule has 0 amide bonds. The van der Waals surface area contributed by atoms with Crippen LogP contribution in [0.15, 0.2) is 43.0 Å². The smallest absolute Gasteiger partial charge is 0.0991 e. The summed E-state index contributed by atoms with van der Waals surface area (Å²) in [5.74, 6) is 0. The van der Waals surface area contributed by atoms with Crippen molar-refractivity contribution in [2.45, 2.75) is 57.2 Å². The van der Waals surface area contributed by atoms with Gasteiger partial charge in [0.1, 0.15) is 0 Å². The molecule has 0 saturated carbocycles. The molecule has 2 aromatic rings. The highest BCUT2D eigenvalue weighted by Gasteiger charge is 2.30. The number of rotatable bonds is 4. The highest BCUT2D eigenvalue weighted by Crippen LogP contribution is 2.26. The SMILES string of the molecule is CC1(C)C[C@@H](NC2CCN(c3ccc(-n4ccnc4)cc3)CC2)CCO1. The van der Waals surface area contributed by atoms with Crippen LogP contribution in [0.4, 0.5) is 5.69 Å². The van der Waals surface area contributed by atoms with Crippen LogP contribution in [0.3, 0.4) is 0 Å². The predicted octanol–water partition coefficient (Wildman–Crippen LogP) is 3.39. The number of anilines is 1. The molecule has 4 rings (SSSR count). The number of benzene rings is 1. The molecule has 2 aliphatic heterocycles. The van der Waals surface area contributed by atoms with Gasteiger partial charge in [0.2, 0.25) is 0 Å². The second kappa shape index (κ2) is 7.41. The molecule has 1 atom stereocenters. The first-order chi connectivity index (χ1) is 12.6. The van der Waals surface area contributed by atoms with Gasteiger partial charge in [-0.1, -0.05) is 0 Å². The maximum Gasteiger partial charge on any atom is 0.0991 e. The van der Waals surface area contributed by atoms with Gasteiger partial charge < -0.3 is 19.5 Å². The fraction of sp³-hybridized carbons (Fsp3) is 0.571. The number of ether oxygens (including phenoxy) is 1. The van der Waals surface area contributed by atoms with Crippen LogP contribution < -0.4 is 10.2 Å². The molecule has 5 heteroatoms. The Balaban J connectivity index is 1.29. The summed E-state index contributed by atoms with van der Waals surface area (Å²) < 4.78 is 7.88. The van der Waals surface area contributed by atoms with Crippen molar-refractivity contribution in [3.05, 3.63) is 43.0 Å². The van der Waals surface area contributed by atoms with E-state index >= 15 is 0 Å². The van der Waals surface area contributed by atoms with Crippen LogP contribution in [-0.4, -0.2) is 46.9 Å². The minimum absolute atomic E-state index is 0.0214. The minimum atomic E-state index is 0.0214. The van der Waals surface area contributed by atoms with E-state index in [-0.39, 0.29) is 5.60 Å². The molecule has 0 spiro atoms. The van der Waals surface area contributed by atoms with E-state index in [0.717, 1.165) is 38.2 Å². The number of nitrogens with one attached hydrogen (secondary N) is 1. The Hall–Kier alpha value is -1.85. The Morgan fingerprint density at radius 3 is 2.42 bits per heavy atom. The third kappa shape index (κ3) is 4.10. The molecule has 3 heterocycles. The number of piperidine rings is 1. The summed E-state index contributed by atoms with van der Waals surface area (Å²) >= 11 is 0. The Labute approximate surface area is 156 Å². The fourth-order valence-corrected chi connectivity index (χ4v) is 4.26. The first kappa shape index (κ1) is 17.6. The summed E-state index contributed by atoms with van der Waals surface area (Å²) in [5.41, 5.74) is 2.50. The first-order valence-electron chi connectivity index (χ1n) is 9.82. The van der Waals surface area contributed by atoms with Crippen LogP contribution in [0.2, 0.25) is 0 Å². The summed E-state index contributed by atoms with van der Waals surface area (Å²) in [5, 5.41) is 3.90. The standard InChI is InChI=1S/C21H30N4O/c1-21(2)15-18(9-14-26-21)23-17-7-11-24(12-8-17)19-3-5-20(6-4-19)25-13-10-22-16-25/h3-6,10,13,16-18,23H,7-9,11-12,14-15H2,1-2H3/t18-/m0/s1. The average molecular weight is 354 g/mol. The van der Waals surface area contributed by atoms with E-state index < -0.39 is 0 Å². The van der Waals surface area contributed by atoms with Crippen LogP contribution in [0, 0.1) is 0 Å². The summed E-state index contributed by atoms with van der Waals surface area (Å²) in [7, 11) is 0. The summed E-state index contributed by atoms with van der Waals surface area (Å²) in [4.78, 5) is 6.62. The highest BCUT2D eigenvalue weighted by atomic mass is 16.5. The molecule has 2 fully saturated rings. The Kier molecular flexibility index (Phi) is 5.00. The lowest BCUT2D eigenvalue weighted by Crippen LogP contribution is -2.50. The lowest BCUT2D eigenvalue weighted by atomic mass is 9.92. The molecule has 1 N–H and O–H groups in total. The monoisotopic (exact) mass is 354 g/mol. The zero-order valence-electron chi connectivity index (χ0n) is 15.9. The largest absolute Gasteiger partial charge is 0.375 e. The van der Waals surface area contributed by atoms with Gasteiger partial charge in [0.15, 0.2) is 0 Å². The molecule has 2 aliphatic rings. The van der Waals surface area contributed by atoms with Crippen molar-refractivity contribution in [1.29, 1.82) is 0 Å². The molecule has 0 radical (unpaired) electrons. The number of aromatic nitrogens is 2. The van der Waals surface area contributed by atoms with E-state index in [4.69, 9.17) is 4.74 Å². The average Bonchev–Trinajstić information content (AvgIpc) is 3.16. The van der Waals surface area contributed by atoms with Gasteiger partial charge in [-0.2, -0.15) is 0 Å². The van der Waals surface area contributed by atoms with Gasteiger partial charge in [0.05, 0.1) is 11.9 Å². The number of nitrogens with zero attached hydrogens (tertiary/aromatic N) is 3. The topological polar surface area (TPSA) is 42.3 Å². The van der Waals surface area contributed by atoms with Crippen molar-refractivity contribution in [1.82, 2.24) is 14.9 Å². The first-order valence-corrected chi connectivity index (χ1v) is 9.82. The lowest BCUT2D eigenvalue weighted by molar-refractivity contribution is -0.0644. The van der Waals surface area contributed by atoms with Crippen molar-refractivity contribution in [3.8, 4) is 5.69 Å². The summed E-state index contributed by atoms with van der Waals surface area (Å²) in [6.07, 6.45) is 10.3. The zero-order chi connectivity index (χ0) is 18.0. The third-order valence-corrected chi connectivity index (χ3v) is 5.68. The van der Waals surface area contributed by atoms with Gasteiger partial charge in [-0.3, -0.25) is 0 Å². The van der Waals surface area contributed by atoms with E-state index in [9.17, 15) is 0 Å². The Bertz CT molecular complexity index is 687. The summed E-state index contributed by atoms with van der Waals surface area (Å²) in [6.45, 7) is 7.53. The molecule has 140 valence electrons. The molecular formula is C21H30N4O. The van der Waals surface area contributed by atoms with Crippen LogP contribution >= 0.6 is 0 Å². The third-order valence-electron chi connectivity index (χ3n) is 5.68. The van der Waals surface area contributed by atoms with Gasteiger partial charge in [-0.05, 0) is 63.8 Å². The van der Waals surface area contributed by atoms with E-state index in [1.165, 1.54) is 18.5 Å². The van der Waals surface area contributed by atoms with Gasteiger partial charge in [0.25, 0.3) is 0 Å². The number of hydrogen-bond acceptors (Lipinski definition) is 4. The number of imidazole rings is 1. The minimum Gasteiger partial charge on any atom is -0.375 e. The normalized spacial score (nSPS) is 23.9. The Morgan fingerprint density at radius 2 is 1.77 bits per heavy atom. The number of hydrogen-bond donors (Lipinski definition) is 1. The molecule has 1 aromatic carbocycles. The van der Waals surface area contributed by atoms with Gasteiger partial charge >= 0.3 is 0 Å². The van der Waals surface area contributed by atoms with Crippen molar-refractivity contribution >= 4 is 5.69 Å². The van der Waals surface area contributed by atoms with E-state index in [1.54, 1.807) is 0 Å². The Morgan fingerprint density at radius 1 is 1.04 bits per heavy atom. The molecule has 1 aromatic heterocycles. The molecular weight excluding hydrogens is 324 g/mol. The van der Waals surface area contributed by atoms with E-state index in [0.29, 0.717) is 12.1 Å². The maximum atomic E-state index is 5.84. The van der Waals surface area contributed by atoms with Crippen molar-refractivity contribution in [2.75, 3.05) is 24.6 Å². The second-order valence-corrected chi connectivity index (χ2v) is 8.21. The van der Waals surface area contributed by atoms with Crippen LogP contribution in [-0.2, 0) is 4.74 Å². The lowest BCUT2D eigenvalue weighted by Gasteiger charge is -2.40. The molecule has 0 unspecified atom stereocenters. The highest BCUT2D eigenvalue weighted by molar-refractivity contribution is 5.51. The summed E-state index contributed by atoms with van der Waals surface area (Å²) in [6, 6.07) is 10.0. The van der Waals surface area contributed by atoms with E-state index in [1.807, 2.05) is 23.3 Å². The van der Waals surface area contributed by atoms with Gasteiger partial charge in [0, 0.05) is 55.5 Å². The van der Waals surface area contributed by atoms with Crippen LogP contribution in [0.5, 0.6) is 0 Å². The molecule has 0 aliphatic carbocycles. The predicted molar refractivity (Wildman–Crippen MR) is 105 cm³/mol. The van der Waals surface area contributed by atoms with Crippen LogP contribution in [0.1, 0.15) is 39.5 Å². The molecule has 26 heavy (non-hydrogen) atoms. The van der Waals surface area contributed by atoms with Gasteiger partial charge in [-0.15, -0.1) is 0 Å². The fourth-order valence-electron chi connectivity index (χ4n) is 4.26. The zero-order valence-corrected chi connectivity index (χ0v) is 15.9. The van der Waals surface area contributed by atoms with Crippen molar-refractivity contribution in [2.24, 2.45) is 0 Å².